The fourth-order valence-corrected chi connectivity index (χ4v) is 1.89. The molecule has 0 saturated heterocycles. The smallest absolute Gasteiger partial charge is 0.277 e. The maximum absolute atomic E-state index is 11.6. The number of nitrogens with one attached hydrogen (secondary N) is 1. The van der Waals surface area contributed by atoms with Gasteiger partial charge in [-0.05, 0) is 30.3 Å². The van der Waals surface area contributed by atoms with Crippen LogP contribution in [-0.4, -0.2) is 23.8 Å². The maximum atomic E-state index is 11.6. The van der Waals surface area contributed by atoms with E-state index in [0.29, 0.717) is 11.3 Å². The highest BCUT2D eigenvalue weighted by molar-refractivity contribution is 9.10. The predicted molar refractivity (Wildman–Crippen MR) is 83.5 cm³/mol. The van der Waals surface area contributed by atoms with E-state index in [0.717, 1.165) is 4.47 Å². The number of para-hydroxylation sites is 1. The number of carbonyl (C=O) groups excluding carboxylic acids is 1. The number of hydrazone groups is 1. The number of rotatable bonds is 5. The quantitative estimate of drug-likeness (QED) is 0.644. The number of hydrogen-bond donors (Lipinski definition) is 2. The normalized spacial score (nSPS) is 10.5. The van der Waals surface area contributed by atoms with E-state index < -0.39 is 0 Å². The Hall–Kier alpha value is -2.34. The summed E-state index contributed by atoms with van der Waals surface area (Å²) in [7, 11) is 0. The fraction of sp³-hybridized carbons (Fsp3) is 0.0667. The molecule has 0 aliphatic heterocycles. The molecular formula is C15H13BrN2O3. The molecule has 2 N–H and O–H groups in total. The summed E-state index contributed by atoms with van der Waals surface area (Å²) in [5, 5.41) is 13.3. The Morgan fingerprint density at radius 2 is 2.10 bits per heavy atom. The van der Waals surface area contributed by atoms with Crippen LogP contribution in [0, 0.1) is 0 Å². The third-order valence-corrected chi connectivity index (χ3v) is 2.99. The van der Waals surface area contributed by atoms with Crippen LogP contribution < -0.4 is 10.2 Å². The van der Waals surface area contributed by atoms with Gasteiger partial charge in [-0.3, -0.25) is 4.79 Å². The summed E-state index contributed by atoms with van der Waals surface area (Å²) in [5.41, 5.74) is 2.85. The van der Waals surface area contributed by atoms with Gasteiger partial charge in [0.2, 0.25) is 0 Å². The Labute approximate surface area is 130 Å². The van der Waals surface area contributed by atoms with Crippen LogP contribution in [0.2, 0.25) is 0 Å². The van der Waals surface area contributed by atoms with Gasteiger partial charge < -0.3 is 9.84 Å². The van der Waals surface area contributed by atoms with Crippen molar-refractivity contribution in [3.05, 3.63) is 58.6 Å². The minimum Gasteiger partial charge on any atom is -0.507 e. The molecule has 6 heteroatoms. The molecule has 2 rings (SSSR count). The molecule has 0 bridgehead atoms. The van der Waals surface area contributed by atoms with E-state index >= 15 is 0 Å². The van der Waals surface area contributed by atoms with Crippen LogP contribution >= 0.6 is 15.9 Å². The van der Waals surface area contributed by atoms with E-state index in [1.54, 1.807) is 36.4 Å². The molecule has 0 aliphatic rings. The molecule has 2 aromatic rings. The zero-order valence-electron chi connectivity index (χ0n) is 11.0. The highest BCUT2D eigenvalue weighted by atomic mass is 79.9. The molecule has 21 heavy (non-hydrogen) atoms. The lowest BCUT2D eigenvalue weighted by molar-refractivity contribution is -0.123. The summed E-state index contributed by atoms with van der Waals surface area (Å²) in [6.45, 7) is -0.144. The lowest BCUT2D eigenvalue weighted by atomic mass is 10.2. The SMILES string of the molecule is O=C(COc1cccc(Br)c1)N/N=C\c1ccccc1O. The second-order valence-electron chi connectivity index (χ2n) is 4.10. The van der Waals surface area contributed by atoms with E-state index in [9.17, 15) is 9.90 Å². The van der Waals surface area contributed by atoms with Gasteiger partial charge in [0.25, 0.3) is 5.91 Å². The van der Waals surface area contributed by atoms with Gasteiger partial charge in [-0.15, -0.1) is 0 Å². The van der Waals surface area contributed by atoms with Crippen molar-refractivity contribution in [3.63, 3.8) is 0 Å². The van der Waals surface area contributed by atoms with Crippen LogP contribution in [0.3, 0.4) is 0 Å². The Morgan fingerprint density at radius 3 is 2.86 bits per heavy atom. The molecule has 0 spiro atoms. The fourth-order valence-electron chi connectivity index (χ4n) is 1.51. The average Bonchev–Trinajstić information content (AvgIpc) is 2.47. The topological polar surface area (TPSA) is 70.9 Å². The number of benzene rings is 2. The Morgan fingerprint density at radius 1 is 1.29 bits per heavy atom. The van der Waals surface area contributed by atoms with Crippen LogP contribution in [0.4, 0.5) is 0 Å². The molecule has 0 heterocycles. The molecule has 0 aromatic heterocycles. The lowest BCUT2D eigenvalue weighted by Crippen LogP contribution is -2.24. The van der Waals surface area contributed by atoms with Gasteiger partial charge in [0, 0.05) is 10.0 Å². The standard InChI is InChI=1S/C15H13BrN2O3/c16-12-5-3-6-13(8-12)21-10-15(20)18-17-9-11-4-1-2-7-14(11)19/h1-9,19H,10H2,(H,18,20)/b17-9-. The summed E-state index contributed by atoms with van der Waals surface area (Å²) < 4.78 is 6.18. The number of aromatic hydroxyl groups is 1. The first-order valence-corrected chi connectivity index (χ1v) is 6.93. The first-order valence-electron chi connectivity index (χ1n) is 6.13. The first-order chi connectivity index (χ1) is 10.1. The molecule has 0 unspecified atom stereocenters. The number of phenolic OH excluding ortho intramolecular Hbond substituents is 1. The van der Waals surface area contributed by atoms with Crippen molar-refractivity contribution < 1.29 is 14.6 Å². The van der Waals surface area contributed by atoms with Crippen molar-refractivity contribution in [1.82, 2.24) is 5.43 Å². The highest BCUT2D eigenvalue weighted by Gasteiger charge is 2.02. The van der Waals surface area contributed by atoms with Crippen molar-refractivity contribution in [1.29, 1.82) is 0 Å². The van der Waals surface area contributed by atoms with Crippen molar-refractivity contribution in [3.8, 4) is 11.5 Å². The zero-order valence-corrected chi connectivity index (χ0v) is 12.6. The van der Waals surface area contributed by atoms with Gasteiger partial charge >= 0.3 is 0 Å². The second-order valence-corrected chi connectivity index (χ2v) is 5.01. The van der Waals surface area contributed by atoms with E-state index in [2.05, 4.69) is 26.5 Å². The van der Waals surface area contributed by atoms with Crippen molar-refractivity contribution >= 4 is 28.1 Å². The van der Waals surface area contributed by atoms with E-state index in [4.69, 9.17) is 4.74 Å². The predicted octanol–water partition coefficient (Wildman–Crippen LogP) is 2.68. The summed E-state index contributed by atoms with van der Waals surface area (Å²) in [5.74, 6) is 0.298. The molecule has 0 radical (unpaired) electrons. The van der Waals surface area contributed by atoms with Crippen molar-refractivity contribution in [2.75, 3.05) is 6.61 Å². The second kappa shape index (κ2) is 7.44. The largest absolute Gasteiger partial charge is 0.507 e. The Balaban J connectivity index is 1.81. The number of phenols is 1. The molecule has 1 amide bonds. The lowest BCUT2D eigenvalue weighted by Gasteiger charge is -2.05. The third kappa shape index (κ3) is 4.92. The Bertz CT molecular complexity index is 659. The molecule has 0 saturated carbocycles. The average molecular weight is 349 g/mol. The minimum atomic E-state index is -0.387. The van der Waals surface area contributed by atoms with Crippen molar-refractivity contribution in [2.45, 2.75) is 0 Å². The van der Waals surface area contributed by atoms with E-state index in [-0.39, 0.29) is 18.3 Å². The molecule has 5 nitrogen and oxygen atoms in total. The molecule has 108 valence electrons. The number of nitrogens with zero attached hydrogens (tertiary/aromatic N) is 1. The summed E-state index contributed by atoms with van der Waals surface area (Å²) >= 11 is 3.32. The Kier molecular flexibility index (Phi) is 5.34. The zero-order chi connectivity index (χ0) is 15.1. The van der Waals surface area contributed by atoms with E-state index in [1.807, 2.05) is 12.1 Å². The van der Waals surface area contributed by atoms with Gasteiger partial charge in [-0.1, -0.05) is 34.1 Å². The minimum absolute atomic E-state index is 0.0980. The summed E-state index contributed by atoms with van der Waals surface area (Å²) in [4.78, 5) is 11.6. The summed E-state index contributed by atoms with van der Waals surface area (Å²) in [6.07, 6.45) is 1.37. The monoisotopic (exact) mass is 348 g/mol. The van der Waals surface area contributed by atoms with Crippen LogP contribution in [0.5, 0.6) is 11.5 Å². The molecule has 0 aliphatic carbocycles. The van der Waals surface area contributed by atoms with Crippen LogP contribution in [0.15, 0.2) is 58.1 Å². The van der Waals surface area contributed by atoms with Gasteiger partial charge in [0.05, 0.1) is 6.21 Å². The molecular weight excluding hydrogens is 336 g/mol. The van der Waals surface area contributed by atoms with Gasteiger partial charge in [0.15, 0.2) is 6.61 Å². The molecule has 0 atom stereocenters. The number of halogens is 1. The number of ether oxygens (including phenoxy) is 1. The van der Waals surface area contributed by atoms with Gasteiger partial charge in [-0.25, -0.2) is 5.43 Å². The highest BCUT2D eigenvalue weighted by Crippen LogP contribution is 2.17. The van der Waals surface area contributed by atoms with Crippen LogP contribution in [0.25, 0.3) is 0 Å². The first kappa shape index (κ1) is 15.1. The number of amides is 1. The molecule has 0 fully saturated rings. The third-order valence-electron chi connectivity index (χ3n) is 2.50. The van der Waals surface area contributed by atoms with Crippen LogP contribution in [0.1, 0.15) is 5.56 Å². The molecule has 2 aromatic carbocycles. The van der Waals surface area contributed by atoms with E-state index in [1.165, 1.54) is 6.21 Å². The van der Waals surface area contributed by atoms with Gasteiger partial charge in [0.1, 0.15) is 11.5 Å². The number of carbonyl (C=O) groups is 1. The van der Waals surface area contributed by atoms with Crippen LogP contribution in [-0.2, 0) is 4.79 Å². The summed E-state index contributed by atoms with van der Waals surface area (Å²) in [6, 6.07) is 13.9. The van der Waals surface area contributed by atoms with Crippen molar-refractivity contribution in [2.24, 2.45) is 5.10 Å². The number of hydrogen-bond acceptors (Lipinski definition) is 4. The maximum Gasteiger partial charge on any atom is 0.277 e. The van der Waals surface area contributed by atoms with Gasteiger partial charge in [-0.2, -0.15) is 5.10 Å².